The zero-order valence-electron chi connectivity index (χ0n) is 11.6. The van der Waals surface area contributed by atoms with Gasteiger partial charge in [-0.1, -0.05) is 26.0 Å². The van der Waals surface area contributed by atoms with Crippen LogP contribution < -0.4 is 10.1 Å². The molecule has 0 fully saturated rings. The van der Waals surface area contributed by atoms with Crippen molar-refractivity contribution in [2.45, 2.75) is 32.7 Å². The zero-order valence-corrected chi connectivity index (χ0v) is 12.4. The number of benzene rings is 1. The molecule has 1 aromatic heterocycles. The lowest BCUT2D eigenvalue weighted by Crippen LogP contribution is -2.08. The summed E-state index contributed by atoms with van der Waals surface area (Å²) in [5.41, 5.74) is 1.12. The highest BCUT2D eigenvalue weighted by Gasteiger charge is 2.10. The average molecular weight is 275 g/mol. The first-order valence-corrected chi connectivity index (χ1v) is 7.74. The molecule has 0 bridgehead atoms. The van der Waals surface area contributed by atoms with Crippen molar-refractivity contribution in [2.75, 3.05) is 11.9 Å². The lowest BCUT2D eigenvalue weighted by atomic mass is 10.1. The van der Waals surface area contributed by atoms with E-state index in [9.17, 15) is 0 Å². The van der Waals surface area contributed by atoms with Crippen LogP contribution in [-0.2, 0) is 0 Å². The summed E-state index contributed by atoms with van der Waals surface area (Å²) in [6.07, 6.45) is 2.10. The van der Waals surface area contributed by atoms with Crippen molar-refractivity contribution in [3.05, 3.63) is 46.7 Å². The van der Waals surface area contributed by atoms with Crippen molar-refractivity contribution >= 4 is 17.0 Å². The summed E-state index contributed by atoms with van der Waals surface area (Å²) in [6, 6.07) is 12.9. The highest BCUT2D eigenvalue weighted by Crippen LogP contribution is 2.27. The van der Waals surface area contributed by atoms with Crippen LogP contribution in [-0.4, -0.2) is 6.61 Å². The standard InChI is InChI=1S/C16H21NOS/c1-3-10-18-14-8-5-7-13(12-14)17-15(4-2)16-9-6-11-19-16/h5-9,11-12,15,17H,3-4,10H2,1-2H3. The fourth-order valence-electron chi connectivity index (χ4n) is 1.96. The predicted octanol–water partition coefficient (Wildman–Crippen LogP) is 5.10. The van der Waals surface area contributed by atoms with Crippen LogP contribution in [0.25, 0.3) is 0 Å². The van der Waals surface area contributed by atoms with E-state index in [1.165, 1.54) is 4.88 Å². The Morgan fingerprint density at radius 1 is 1.21 bits per heavy atom. The number of rotatable bonds is 7. The SMILES string of the molecule is CCCOc1cccc(NC(CC)c2cccs2)c1. The molecule has 0 radical (unpaired) electrons. The predicted molar refractivity (Wildman–Crippen MR) is 83.2 cm³/mol. The summed E-state index contributed by atoms with van der Waals surface area (Å²) in [5, 5.41) is 5.70. The van der Waals surface area contributed by atoms with Gasteiger partial charge in [0.1, 0.15) is 5.75 Å². The number of ether oxygens (including phenoxy) is 1. The summed E-state index contributed by atoms with van der Waals surface area (Å²) in [6.45, 7) is 5.09. The van der Waals surface area contributed by atoms with Crippen LogP contribution in [0.5, 0.6) is 5.75 Å². The van der Waals surface area contributed by atoms with Crippen molar-refractivity contribution in [1.82, 2.24) is 0 Å². The van der Waals surface area contributed by atoms with E-state index in [4.69, 9.17) is 4.74 Å². The molecular weight excluding hydrogens is 254 g/mol. The molecule has 1 N–H and O–H groups in total. The number of hydrogen-bond donors (Lipinski definition) is 1. The molecule has 1 heterocycles. The number of hydrogen-bond acceptors (Lipinski definition) is 3. The van der Waals surface area contributed by atoms with Gasteiger partial charge in [-0.05, 0) is 36.4 Å². The monoisotopic (exact) mass is 275 g/mol. The molecule has 0 aliphatic rings. The van der Waals surface area contributed by atoms with E-state index in [-0.39, 0.29) is 0 Å². The fourth-order valence-corrected chi connectivity index (χ4v) is 2.82. The quantitative estimate of drug-likeness (QED) is 0.759. The van der Waals surface area contributed by atoms with Crippen molar-refractivity contribution in [1.29, 1.82) is 0 Å². The van der Waals surface area contributed by atoms with Gasteiger partial charge >= 0.3 is 0 Å². The summed E-state index contributed by atoms with van der Waals surface area (Å²) < 4.78 is 5.66. The maximum absolute atomic E-state index is 5.66. The topological polar surface area (TPSA) is 21.3 Å². The third-order valence-corrected chi connectivity index (χ3v) is 3.93. The van der Waals surface area contributed by atoms with Gasteiger partial charge in [-0.2, -0.15) is 0 Å². The molecule has 3 heteroatoms. The first kappa shape index (κ1) is 13.9. The Morgan fingerprint density at radius 2 is 2.11 bits per heavy atom. The van der Waals surface area contributed by atoms with Crippen molar-refractivity contribution < 1.29 is 4.74 Å². The van der Waals surface area contributed by atoms with Gasteiger partial charge in [0.15, 0.2) is 0 Å². The maximum Gasteiger partial charge on any atom is 0.121 e. The maximum atomic E-state index is 5.66. The first-order valence-electron chi connectivity index (χ1n) is 6.86. The van der Waals surface area contributed by atoms with E-state index in [0.717, 1.165) is 30.9 Å². The lowest BCUT2D eigenvalue weighted by molar-refractivity contribution is 0.317. The average Bonchev–Trinajstić information content (AvgIpc) is 2.97. The minimum absolute atomic E-state index is 0.376. The van der Waals surface area contributed by atoms with Gasteiger partial charge in [-0.25, -0.2) is 0 Å². The molecule has 19 heavy (non-hydrogen) atoms. The summed E-state index contributed by atoms with van der Waals surface area (Å²) in [4.78, 5) is 1.38. The van der Waals surface area contributed by atoms with Gasteiger partial charge in [0.05, 0.1) is 12.6 Å². The molecule has 0 amide bonds. The van der Waals surface area contributed by atoms with Crippen LogP contribution >= 0.6 is 11.3 Å². The fraction of sp³-hybridized carbons (Fsp3) is 0.375. The third kappa shape index (κ3) is 4.00. The molecule has 0 aliphatic carbocycles. The van der Waals surface area contributed by atoms with Gasteiger partial charge in [-0.15, -0.1) is 11.3 Å². The molecule has 0 spiro atoms. The van der Waals surface area contributed by atoms with E-state index >= 15 is 0 Å². The van der Waals surface area contributed by atoms with E-state index in [1.807, 2.05) is 12.1 Å². The van der Waals surface area contributed by atoms with Crippen LogP contribution in [0.4, 0.5) is 5.69 Å². The van der Waals surface area contributed by atoms with Gasteiger partial charge < -0.3 is 10.1 Å². The molecule has 2 rings (SSSR count). The van der Waals surface area contributed by atoms with Crippen LogP contribution in [0.2, 0.25) is 0 Å². The first-order chi connectivity index (χ1) is 9.33. The lowest BCUT2D eigenvalue weighted by Gasteiger charge is -2.17. The Hall–Kier alpha value is -1.48. The van der Waals surface area contributed by atoms with Gasteiger partial charge in [0.25, 0.3) is 0 Å². The van der Waals surface area contributed by atoms with Crippen LogP contribution in [0.15, 0.2) is 41.8 Å². The second-order valence-corrected chi connectivity index (χ2v) is 5.48. The molecule has 1 unspecified atom stereocenters. The van der Waals surface area contributed by atoms with Crippen molar-refractivity contribution in [3.63, 3.8) is 0 Å². The molecule has 2 nitrogen and oxygen atoms in total. The van der Waals surface area contributed by atoms with Gasteiger partial charge in [0.2, 0.25) is 0 Å². The minimum atomic E-state index is 0.376. The summed E-state index contributed by atoms with van der Waals surface area (Å²) in [7, 11) is 0. The van der Waals surface area contributed by atoms with E-state index in [0.29, 0.717) is 6.04 Å². The summed E-state index contributed by atoms with van der Waals surface area (Å²) in [5.74, 6) is 0.938. The normalized spacial score (nSPS) is 12.1. The summed E-state index contributed by atoms with van der Waals surface area (Å²) >= 11 is 1.80. The number of anilines is 1. The molecular formula is C16H21NOS. The van der Waals surface area contributed by atoms with E-state index < -0.39 is 0 Å². The Bertz CT molecular complexity index is 481. The van der Waals surface area contributed by atoms with E-state index in [1.54, 1.807) is 11.3 Å². The van der Waals surface area contributed by atoms with Crippen LogP contribution in [0, 0.1) is 0 Å². The number of nitrogens with one attached hydrogen (secondary N) is 1. The highest BCUT2D eigenvalue weighted by atomic mass is 32.1. The van der Waals surface area contributed by atoms with Crippen LogP contribution in [0.3, 0.4) is 0 Å². The molecule has 0 saturated carbocycles. The largest absolute Gasteiger partial charge is 0.494 e. The second kappa shape index (κ2) is 7.19. The third-order valence-electron chi connectivity index (χ3n) is 2.94. The highest BCUT2D eigenvalue weighted by molar-refractivity contribution is 7.10. The Kier molecular flexibility index (Phi) is 5.28. The Labute approximate surface area is 119 Å². The van der Waals surface area contributed by atoms with Crippen molar-refractivity contribution in [3.8, 4) is 5.75 Å². The molecule has 0 aliphatic heterocycles. The van der Waals surface area contributed by atoms with E-state index in [2.05, 4.69) is 48.8 Å². The van der Waals surface area contributed by atoms with Gasteiger partial charge in [0, 0.05) is 16.6 Å². The molecule has 1 atom stereocenters. The number of thiophene rings is 1. The smallest absolute Gasteiger partial charge is 0.121 e. The Morgan fingerprint density at radius 3 is 2.79 bits per heavy atom. The van der Waals surface area contributed by atoms with Gasteiger partial charge in [-0.3, -0.25) is 0 Å². The molecule has 2 aromatic rings. The second-order valence-electron chi connectivity index (χ2n) is 4.50. The van der Waals surface area contributed by atoms with Crippen molar-refractivity contribution in [2.24, 2.45) is 0 Å². The Balaban J connectivity index is 2.05. The zero-order chi connectivity index (χ0) is 13.5. The minimum Gasteiger partial charge on any atom is -0.494 e. The molecule has 102 valence electrons. The molecule has 0 saturated heterocycles. The van der Waals surface area contributed by atoms with Crippen LogP contribution in [0.1, 0.15) is 37.6 Å². The molecule has 1 aromatic carbocycles.